The van der Waals surface area contributed by atoms with Gasteiger partial charge in [-0.3, -0.25) is 9.48 Å². The predicted octanol–water partition coefficient (Wildman–Crippen LogP) is 8.58. The second kappa shape index (κ2) is 17.2. The lowest BCUT2D eigenvalue weighted by molar-refractivity contribution is -0.143. The van der Waals surface area contributed by atoms with Crippen molar-refractivity contribution in [2.45, 2.75) is 72.8 Å². The van der Waals surface area contributed by atoms with Gasteiger partial charge in [0.2, 0.25) is 5.91 Å². The summed E-state index contributed by atoms with van der Waals surface area (Å²) in [4.78, 5) is 16.2. The topological polar surface area (TPSA) is 53.4 Å². The van der Waals surface area contributed by atoms with Crippen molar-refractivity contribution in [3.63, 3.8) is 0 Å². The molecule has 0 unspecified atom stereocenters. The molecule has 0 radical (unpaired) electrons. The van der Waals surface area contributed by atoms with Crippen molar-refractivity contribution in [2.75, 3.05) is 33.2 Å². The molecule has 0 aliphatic carbocycles. The Morgan fingerprint density at radius 2 is 1.63 bits per heavy atom. The smallest absolute Gasteiger partial charge is 0.384 e. The molecule has 3 aromatic rings. The Hall–Kier alpha value is -3.80. The van der Waals surface area contributed by atoms with Crippen molar-refractivity contribution in [2.24, 2.45) is 0 Å². The third-order valence-electron chi connectivity index (χ3n) is 7.17. The number of amides is 1. The largest absolute Gasteiger partial charge is 0.416 e. The highest BCUT2D eigenvalue weighted by Gasteiger charge is 2.38. The second-order valence-corrected chi connectivity index (χ2v) is 10.7. The zero-order valence-electron chi connectivity index (χ0n) is 27.4. The quantitative estimate of drug-likeness (QED) is 0.108. The van der Waals surface area contributed by atoms with Crippen molar-refractivity contribution >= 4 is 22.9 Å². The highest BCUT2D eigenvalue weighted by Crippen LogP contribution is 2.37. The first-order chi connectivity index (χ1) is 21.6. The Morgan fingerprint density at radius 1 is 0.978 bits per heavy atom. The van der Waals surface area contributed by atoms with Crippen LogP contribution in [0, 0.1) is 0 Å². The lowest BCUT2D eigenvalue weighted by Gasteiger charge is -2.24. The highest BCUT2D eigenvalue weighted by atomic mass is 19.4. The summed E-state index contributed by atoms with van der Waals surface area (Å²) in [6.45, 7) is 17.2. The fourth-order valence-electron chi connectivity index (χ4n) is 4.91. The number of aromatic nitrogens is 2. The fourth-order valence-corrected chi connectivity index (χ4v) is 4.91. The summed E-state index contributed by atoms with van der Waals surface area (Å²) in [5.74, 6) is -0.192. The molecule has 1 aromatic heterocycles. The number of benzene rings is 2. The molecule has 0 spiro atoms. The maximum Gasteiger partial charge on any atom is 0.416 e. The van der Waals surface area contributed by atoms with Gasteiger partial charge in [-0.05, 0) is 80.4 Å². The molecule has 254 valence electrons. The highest BCUT2D eigenvalue weighted by molar-refractivity contribution is 5.83. The Kier molecular flexibility index (Phi) is 14.4. The summed E-state index contributed by atoms with van der Waals surface area (Å²) in [7, 11) is 1.64. The minimum Gasteiger partial charge on any atom is -0.384 e. The Balaban J connectivity index is 0.00000361. The molecule has 1 N–H and O–H groups in total. The third kappa shape index (κ3) is 10.9. The van der Waals surface area contributed by atoms with Gasteiger partial charge >= 0.3 is 12.4 Å². The Morgan fingerprint density at radius 3 is 2.20 bits per heavy atom. The normalized spacial score (nSPS) is 12.2. The number of nitrogens with zero attached hydrogens (tertiary/aromatic N) is 4. The van der Waals surface area contributed by atoms with Gasteiger partial charge in [0, 0.05) is 32.1 Å². The van der Waals surface area contributed by atoms with Crippen LogP contribution in [0.15, 0.2) is 60.6 Å². The number of fused-ring (bicyclic) bond motifs is 1. The molecule has 6 nitrogen and oxygen atoms in total. The van der Waals surface area contributed by atoms with Gasteiger partial charge in [-0.15, -0.1) is 0 Å². The van der Waals surface area contributed by atoms with Crippen LogP contribution in [0.25, 0.3) is 17.0 Å². The van der Waals surface area contributed by atoms with Crippen LogP contribution in [0.5, 0.6) is 0 Å². The first-order valence-electron chi connectivity index (χ1n) is 15.5. The van der Waals surface area contributed by atoms with Crippen molar-refractivity contribution in [1.82, 2.24) is 24.9 Å². The van der Waals surface area contributed by atoms with E-state index in [1.54, 1.807) is 31.3 Å². The lowest BCUT2D eigenvalue weighted by Crippen LogP contribution is -2.31. The molecule has 0 aliphatic heterocycles. The number of carbonyl (C=O) groups excluding carboxylic acids is 1. The first kappa shape index (κ1) is 38.4. The number of hydrogen-bond donors (Lipinski definition) is 1. The van der Waals surface area contributed by atoms with E-state index < -0.39 is 23.5 Å². The van der Waals surface area contributed by atoms with Crippen LogP contribution in [-0.4, -0.2) is 58.7 Å². The summed E-state index contributed by atoms with van der Waals surface area (Å²) < 4.78 is 81.4. The lowest BCUT2D eigenvalue weighted by atomic mass is 10.0. The zero-order chi connectivity index (χ0) is 34.7. The van der Waals surface area contributed by atoms with Crippen LogP contribution in [-0.2, 0) is 23.7 Å². The number of hydrogen-bond acceptors (Lipinski definition) is 4. The standard InChI is InChI=1S/C32H39F6N5O.C2H6/c1-6-14-42(15-7-2)16-8-13-39-22(3)30(41(5)23(4)44)18-24-9-12-29-26(17-24)21-43(40-29)20-25-10-11-27(31(33,34)35)19-28(25)32(36,37)38;1-2/h9-12,17-19,21,39H,3,6-8,13-16,20H2,1-2,4-5H3;1-2H3/b30-18-;. The molecule has 1 heterocycles. The van der Waals surface area contributed by atoms with E-state index in [9.17, 15) is 31.1 Å². The molecule has 1 amide bonds. The summed E-state index contributed by atoms with van der Waals surface area (Å²) in [5, 5.41) is 8.24. The maximum absolute atomic E-state index is 13.6. The minimum atomic E-state index is -4.97. The van der Waals surface area contributed by atoms with E-state index in [2.05, 4.69) is 35.7 Å². The number of likely N-dealkylation sites (N-methyl/N-ethyl adjacent to an activating group) is 1. The molecule has 0 bridgehead atoms. The summed E-state index contributed by atoms with van der Waals surface area (Å²) >= 11 is 0. The summed E-state index contributed by atoms with van der Waals surface area (Å²) in [6, 6.07) is 6.81. The molecule has 0 aliphatic rings. The molecule has 0 saturated heterocycles. The molecular weight excluding hydrogens is 608 g/mol. The Bertz CT molecular complexity index is 1470. The van der Waals surface area contributed by atoms with Crippen LogP contribution in [0.4, 0.5) is 26.3 Å². The van der Waals surface area contributed by atoms with Gasteiger partial charge in [0.05, 0.1) is 34.6 Å². The van der Waals surface area contributed by atoms with Gasteiger partial charge in [0.25, 0.3) is 0 Å². The van der Waals surface area contributed by atoms with E-state index >= 15 is 0 Å². The van der Waals surface area contributed by atoms with Gasteiger partial charge in [0.15, 0.2) is 0 Å². The number of carbonyl (C=O) groups is 1. The van der Waals surface area contributed by atoms with Crippen LogP contribution < -0.4 is 5.32 Å². The van der Waals surface area contributed by atoms with Crippen molar-refractivity contribution in [3.8, 4) is 0 Å². The SMILES string of the molecule is C=C(NCCCN(CCC)CCC)/C(=C/c1ccc2nn(Cc3ccc(C(F)(F)F)cc3C(F)(F)F)cc2c1)N(C)C(C)=O.CC. The molecule has 2 aromatic carbocycles. The molecule has 0 atom stereocenters. The molecule has 3 rings (SSSR count). The molecule has 0 fully saturated rings. The third-order valence-corrected chi connectivity index (χ3v) is 7.17. The number of nitrogens with one attached hydrogen (secondary N) is 1. The monoisotopic (exact) mass is 653 g/mol. The van der Waals surface area contributed by atoms with Crippen LogP contribution in [0.2, 0.25) is 0 Å². The number of halogens is 6. The fraction of sp³-hybridized carbons (Fsp3) is 0.471. The van der Waals surface area contributed by atoms with Crippen molar-refractivity contribution in [3.05, 3.63) is 82.8 Å². The predicted molar refractivity (Wildman–Crippen MR) is 172 cm³/mol. The van der Waals surface area contributed by atoms with Gasteiger partial charge in [-0.2, -0.15) is 31.4 Å². The summed E-state index contributed by atoms with van der Waals surface area (Å²) in [5.41, 5.74) is -0.746. The van der Waals surface area contributed by atoms with E-state index in [1.807, 2.05) is 13.8 Å². The van der Waals surface area contributed by atoms with Crippen molar-refractivity contribution < 1.29 is 31.1 Å². The summed E-state index contributed by atoms with van der Waals surface area (Å²) in [6.07, 6.45) is -3.48. The van der Waals surface area contributed by atoms with E-state index in [1.165, 1.54) is 22.7 Å². The Labute approximate surface area is 267 Å². The van der Waals surface area contributed by atoms with Gasteiger partial charge in [-0.1, -0.05) is 46.4 Å². The van der Waals surface area contributed by atoms with Crippen LogP contribution >= 0.6 is 0 Å². The number of alkyl halides is 6. The maximum atomic E-state index is 13.6. The zero-order valence-corrected chi connectivity index (χ0v) is 27.4. The van der Waals surface area contributed by atoms with E-state index in [0.717, 1.165) is 45.0 Å². The van der Waals surface area contributed by atoms with E-state index in [-0.39, 0.29) is 24.1 Å². The average Bonchev–Trinajstić information content (AvgIpc) is 3.39. The van der Waals surface area contributed by atoms with Gasteiger partial charge < -0.3 is 15.1 Å². The molecule has 0 saturated carbocycles. The molecule has 46 heavy (non-hydrogen) atoms. The average molecular weight is 654 g/mol. The first-order valence-corrected chi connectivity index (χ1v) is 15.5. The van der Waals surface area contributed by atoms with Gasteiger partial charge in [-0.25, -0.2) is 0 Å². The second-order valence-electron chi connectivity index (χ2n) is 10.7. The van der Waals surface area contributed by atoms with Crippen LogP contribution in [0.3, 0.4) is 0 Å². The van der Waals surface area contributed by atoms with E-state index in [4.69, 9.17) is 0 Å². The minimum absolute atomic E-state index is 0.127. The van der Waals surface area contributed by atoms with Crippen LogP contribution in [0.1, 0.15) is 76.1 Å². The van der Waals surface area contributed by atoms with Gasteiger partial charge in [0.1, 0.15) is 0 Å². The molecule has 12 heteroatoms. The van der Waals surface area contributed by atoms with E-state index in [0.29, 0.717) is 40.5 Å². The number of rotatable bonds is 14. The molecular formula is C34H45F6N5O. The van der Waals surface area contributed by atoms with Crippen molar-refractivity contribution in [1.29, 1.82) is 0 Å².